The number of esters is 1. The van der Waals surface area contributed by atoms with Crippen LogP contribution in [-0.4, -0.2) is 65.2 Å². The minimum atomic E-state index is -1.79. The molecule has 2 aliphatic heterocycles. The maximum atomic E-state index is 13.0. The van der Waals surface area contributed by atoms with Gasteiger partial charge in [-0.15, -0.1) is 0 Å². The van der Waals surface area contributed by atoms with E-state index in [1.165, 1.54) is 7.11 Å². The first kappa shape index (κ1) is 15.3. The van der Waals surface area contributed by atoms with E-state index < -0.39 is 58.5 Å². The summed E-state index contributed by atoms with van der Waals surface area (Å²) in [5.74, 6) is -3.28. The van der Waals surface area contributed by atoms with Gasteiger partial charge in [-0.2, -0.15) is 0 Å². The van der Waals surface area contributed by atoms with Crippen LogP contribution in [0.2, 0.25) is 0 Å². The highest BCUT2D eigenvalue weighted by atomic mass is 16.7. The molecule has 0 aromatic rings. The second kappa shape index (κ2) is 4.03. The predicted molar refractivity (Wildman–Crippen MR) is 75.2 cm³/mol. The monoisotopic (exact) mass is 324 g/mol. The lowest BCUT2D eigenvalue weighted by Gasteiger charge is -2.53. The number of hydrogen-bond donors (Lipinski definition) is 2. The molecule has 0 aromatic heterocycles. The van der Waals surface area contributed by atoms with Crippen LogP contribution in [0, 0.1) is 17.3 Å². The maximum absolute atomic E-state index is 13.0. The van der Waals surface area contributed by atoms with Gasteiger partial charge in [-0.25, -0.2) is 0 Å². The van der Waals surface area contributed by atoms with Crippen molar-refractivity contribution in [3.63, 3.8) is 0 Å². The number of hydrogen-bond acceptors (Lipinski definition) is 7. The average Bonchev–Trinajstić information content (AvgIpc) is 3.36. The molecule has 7 nitrogen and oxygen atoms in total. The van der Waals surface area contributed by atoms with Crippen LogP contribution in [0.4, 0.5) is 0 Å². The summed E-state index contributed by atoms with van der Waals surface area (Å²) >= 11 is 0. The highest BCUT2D eigenvalue weighted by molar-refractivity contribution is 5.97. The Morgan fingerprint density at radius 2 is 2.04 bits per heavy atom. The molecule has 0 unspecified atom stereocenters. The van der Waals surface area contributed by atoms with E-state index in [2.05, 4.69) is 6.58 Å². The summed E-state index contributed by atoms with van der Waals surface area (Å²) in [5, 5.41) is 22.1. The van der Waals surface area contributed by atoms with Gasteiger partial charge in [0.05, 0.1) is 25.0 Å². The van der Waals surface area contributed by atoms with Crippen LogP contribution >= 0.6 is 0 Å². The summed E-state index contributed by atoms with van der Waals surface area (Å²) in [6.07, 6.45) is -2.57. The molecule has 8 atom stereocenters. The Bertz CT molecular complexity index is 638. The molecule has 4 rings (SSSR count). The maximum Gasteiger partial charge on any atom is 0.312 e. The van der Waals surface area contributed by atoms with Gasteiger partial charge in [0, 0.05) is 5.92 Å². The molecule has 4 aliphatic rings. The van der Waals surface area contributed by atoms with Crippen LogP contribution in [0.5, 0.6) is 0 Å². The summed E-state index contributed by atoms with van der Waals surface area (Å²) in [6.45, 7) is 7.23. The lowest BCUT2D eigenvalue weighted by molar-refractivity contribution is -0.217. The number of fused-ring (bicyclic) bond motifs is 5. The molecule has 0 radical (unpaired) electrons. The molecule has 2 saturated carbocycles. The Kier molecular flexibility index (Phi) is 2.67. The summed E-state index contributed by atoms with van der Waals surface area (Å²) in [4.78, 5) is 25.5. The molecule has 2 N–H and O–H groups in total. The number of Topliss-reactive ketones (excluding diaryl/α,β-unsaturated/α-hetero) is 1. The van der Waals surface area contributed by atoms with E-state index >= 15 is 0 Å². The fourth-order valence-electron chi connectivity index (χ4n) is 5.06. The van der Waals surface area contributed by atoms with Gasteiger partial charge >= 0.3 is 5.97 Å². The molecule has 126 valence electrons. The number of ether oxygens (including phenoxy) is 3. The zero-order valence-electron chi connectivity index (χ0n) is 13.2. The summed E-state index contributed by atoms with van der Waals surface area (Å²) in [5.41, 5.74) is -3.73. The molecule has 23 heavy (non-hydrogen) atoms. The molecular formula is C16H20O7. The molecular weight excluding hydrogens is 304 g/mol. The second-order valence-electron chi connectivity index (χ2n) is 7.29. The number of carbonyl (C=O) groups excluding carboxylic acids is 2. The van der Waals surface area contributed by atoms with Crippen LogP contribution in [0.3, 0.4) is 0 Å². The normalized spacial score (nSPS) is 56.0. The smallest absolute Gasteiger partial charge is 0.312 e. The summed E-state index contributed by atoms with van der Waals surface area (Å²) in [6, 6.07) is 0. The highest BCUT2D eigenvalue weighted by Crippen LogP contribution is 2.73. The van der Waals surface area contributed by atoms with Crippen molar-refractivity contribution in [3.05, 3.63) is 12.2 Å². The topological polar surface area (TPSA) is 109 Å². The summed E-state index contributed by atoms with van der Waals surface area (Å²) < 4.78 is 16.0. The van der Waals surface area contributed by atoms with Crippen molar-refractivity contribution in [1.82, 2.24) is 0 Å². The largest absolute Gasteiger partial charge is 0.469 e. The van der Waals surface area contributed by atoms with Crippen molar-refractivity contribution in [2.75, 3.05) is 13.7 Å². The number of aliphatic hydroxyl groups is 2. The quantitative estimate of drug-likeness (QED) is 0.389. The van der Waals surface area contributed by atoms with Crippen LogP contribution in [0.15, 0.2) is 12.2 Å². The molecule has 1 spiro atoms. The number of epoxide rings is 2. The van der Waals surface area contributed by atoms with Gasteiger partial charge in [0.25, 0.3) is 0 Å². The Hall–Kier alpha value is -1.28. The van der Waals surface area contributed by atoms with E-state index in [0.29, 0.717) is 5.57 Å². The van der Waals surface area contributed by atoms with Crippen molar-refractivity contribution in [3.8, 4) is 0 Å². The molecule has 2 heterocycles. The van der Waals surface area contributed by atoms with E-state index in [-0.39, 0.29) is 6.61 Å². The van der Waals surface area contributed by atoms with E-state index in [1.807, 2.05) is 0 Å². The first-order chi connectivity index (χ1) is 10.7. The van der Waals surface area contributed by atoms with E-state index in [1.54, 1.807) is 13.8 Å². The van der Waals surface area contributed by atoms with Crippen molar-refractivity contribution < 1.29 is 34.0 Å². The SMILES string of the molecule is C=C(C)[C@@H]1[C@@H](O)C(=O)[C@]2(C)[C@@](O)([C@H]3O[C@H]3[C@@]23CO3)[C@H]1C(=O)OC. The van der Waals surface area contributed by atoms with Gasteiger partial charge in [0.15, 0.2) is 5.78 Å². The number of ketones is 1. The van der Waals surface area contributed by atoms with Crippen LogP contribution < -0.4 is 0 Å². The van der Waals surface area contributed by atoms with Crippen molar-refractivity contribution in [1.29, 1.82) is 0 Å². The molecule has 0 amide bonds. The zero-order valence-corrected chi connectivity index (χ0v) is 13.2. The number of rotatable bonds is 2. The molecule has 4 fully saturated rings. The van der Waals surface area contributed by atoms with Crippen LogP contribution in [0.1, 0.15) is 13.8 Å². The standard InChI is InChI=1S/C16H20O7/c1-6(2)7-8(13(19)21-4)16(20)12-11(23-12)15(5-22-15)14(16,3)10(18)9(7)17/h7-9,11-12,17,20H,1,5H2,2-4H3/t7-,8+,9+,11+,12-,14-,15-,16-/m0/s1. The number of methoxy groups -OCH3 is 1. The van der Waals surface area contributed by atoms with Crippen LogP contribution in [-0.2, 0) is 23.8 Å². The lowest BCUT2D eigenvalue weighted by Crippen LogP contribution is -2.72. The molecule has 2 saturated heterocycles. The highest BCUT2D eigenvalue weighted by Gasteiger charge is 2.93. The summed E-state index contributed by atoms with van der Waals surface area (Å²) in [7, 11) is 1.21. The third-order valence-corrected chi connectivity index (χ3v) is 6.45. The van der Waals surface area contributed by atoms with Gasteiger partial charge in [0.2, 0.25) is 0 Å². The lowest BCUT2D eigenvalue weighted by atomic mass is 9.52. The van der Waals surface area contributed by atoms with E-state index in [9.17, 15) is 19.8 Å². The number of aliphatic hydroxyl groups excluding tert-OH is 1. The van der Waals surface area contributed by atoms with Gasteiger partial charge < -0.3 is 24.4 Å². The van der Waals surface area contributed by atoms with Gasteiger partial charge in [-0.1, -0.05) is 12.2 Å². The van der Waals surface area contributed by atoms with E-state index in [0.717, 1.165) is 0 Å². The van der Waals surface area contributed by atoms with Gasteiger partial charge in [-0.3, -0.25) is 9.59 Å². The van der Waals surface area contributed by atoms with Crippen LogP contribution in [0.25, 0.3) is 0 Å². The Labute approximate surface area is 133 Å². The van der Waals surface area contributed by atoms with Crippen molar-refractivity contribution >= 4 is 11.8 Å². The zero-order chi connectivity index (χ0) is 16.9. The van der Waals surface area contributed by atoms with E-state index in [4.69, 9.17) is 14.2 Å². The molecule has 2 aliphatic carbocycles. The third-order valence-electron chi connectivity index (χ3n) is 6.45. The van der Waals surface area contributed by atoms with Crippen molar-refractivity contribution in [2.45, 2.75) is 43.4 Å². The number of carbonyl (C=O) groups is 2. The van der Waals surface area contributed by atoms with Crippen molar-refractivity contribution in [2.24, 2.45) is 17.3 Å². The Balaban J connectivity index is 1.94. The van der Waals surface area contributed by atoms with Gasteiger partial charge in [-0.05, 0) is 13.8 Å². The Morgan fingerprint density at radius 3 is 2.52 bits per heavy atom. The first-order valence-corrected chi connectivity index (χ1v) is 7.66. The average molecular weight is 324 g/mol. The Morgan fingerprint density at radius 1 is 1.43 bits per heavy atom. The minimum Gasteiger partial charge on any atom is -0.469 e. The second-order valence-corrected chi connectivity index (χ2v) is 7.29. The molecule has 7 heteroatoms. The minimum absolute atomic E-state index is 0.261. The third kappa shape index (κ3) is 1.34. The molecule has 0 bridgehead atoms. The first-order valence-electron chi connectivity index (χ1n) is 7.66. The fraction of sp³-hybridized carbons (Fsp3) is 0.750. The fourth-order valence-corrected chi connectivity index (χ4v) is 5.06. The van der Waals surface area contributed by atoms with Gasteiger partial charge in [0.1, 0.15) is 29.5 Å². The molecule has 0 aromatic carbocycles. The predicted octanol–water partition coefficient (Wildman–Crippen LogP) is -0.801.